The van der Waals surface area contributed by atoms with Gasteiger partial charge < -0.3 is 20.7 Å². The van der Waals surface area contributed by atoms with Crippen molar-refractivity contribution in [1.82, 2.24) is 15.6 Å². The molecule has 0 aliphatic rings. The minimum Gasteiger partial charge on any atom is -0.478 e. The third-order valence-corrected chi connectivity index (χ3v) is 3.85. The van der Waals surface area contributed by atoms with Crippen LogP contribution < -0.4 is 20.7 Å². The Morgan fingerprint density at radius 1 is 1.11 bits per heavy atom. The van der Waals surface area contributed by atoms with Crippen LogP contribution in [0.25, 0.3) is 0 Å². The van der Waals surface area contributed by atoms with Crippen LogP contribution in [0.15, 0.2) is 48.7 Å². The molecule has 3 amide bonds. The van der Waals surface area contributed by atoms with Crippen molar-refractivity contribution in [2.75, 3.05) is 11.9 Å². The van der Waals surface area contributed by atoms with Gasteiger partial charge in [-0.05, 0) is 31.0 Å². The number of nitrogens with one attached hydrogen (secondary N) is 3. The van der Waals surface area contributed by atoms with E-state index in [1.54, 1.807) is 24.4 Å². The lowest BCUT2D eigenvalue weighted by atomic mass is 10.0. The van der Waals surface area contributed by atoms with Gasteiger partial charge in [0.05, 0.1) is 6.61 Å². The predicted molar refractivity (Wildman–Crippen MR) is 104 cm³/mol. The molecule has 3 N–H and O–H groups in total. The molecule has 0 radical (unpaired) electrons. The van der Waals surface area contributed by atoms with Gasteiger partial charge in [-0.2, -0.15) is 0 Å². The molecule has 27 heavy (non-hydrogen) atoms. The minimum atomic E-state index is -0.666. The Kier molecular flexibility index (Phi) is 7.61. The van der Waals surface area contributed by atoms with Crippen LogP contribution in [0.4, 0.5) is 10.5 Å². The fourth-order valence-electron chi connectivity index (χ4n) is 2.48. The molecule has 0 aliphatic carbocycles. The Morgan fingerprint density at radius 2 is 1.85 bits per heavy atom. The highest BCUT2D eigenvalue weighted by molar-refractivity contribution is 5.93. The van der Waals surface area contributed by atoms with Gasteiger partial charge in [-0.25, -0.2) is 9.78 Å². The molecule has 0 bridgehead atoms. The summed E-state index contributed by atoms with van der Waals surface area (Å²) in [4.78, 5) is 29.0. The van der Waals surface area contributed by atoms with E-state index in [1.807, 2.05) is 45.0 Å². The van der Waals surface area contributed by atoms with E-state index in [2.05, 4.69) is 20.9 Å². The first-order chi connectivity index (χ1) is 13.0. The molecule has 1 unspecified atom stereocenters. The smallest absolute Gasteiger partial charge is 0.319 e. The average Bonchev–Trinajstić information content (AvgIpc) is 2.66. The van der Waals surface area contributed by atoms with Crippen molar-refractivity contribution in [1.29, 1.82) is 0 Å². The first kappa shape index (κ1) is 20.2. The second-order valence-corrected chi connectivity index (χ2v) is 6.30. The van der Waals surface area contributed by atoms with Crippen LogP contribution >= 0.6 is 0 Å². The third-order valence-electron chi connectivity index (χ3n) is 3.85. The summed E-state index contributed by atoms with van der Waals surface area (Å²) >= 11 is 0. The maximum absolute atomic E-state index is 12.6. The van der Waals surface area contributed by atoms with E-state index < -0.39 is 12.1 Å². The molecule has 7 nitrogen and oxygen atoms in total. The number of para-hydroxylation sites is 1. The average molecular weight is 370 g/mol. The number of urea groups is 1. The summed E-state index contributed by atoms with van der Waals surface area (Å²) in [5.41, 5.74) is 1.44. The summed E-state index contributed by atoms with van der Waals surface area (Å²) in [6.45, 7) is 6.40. The molecule has 1 aromatic carbocycles. The lowest BCUT2D eigenvalue weighted by molar-refractivity contribution is -0.124. The topological polar surface area (TPSA) is 92.3 Å². The Bertz CT molecular complexity index is 750. The van der Waals surface area contributed by atoms with Crippen LogP contribution in [-0.2, 0) is 11.3 Å². The van der Waals surface area contributed by atoms with E-state index in [-0.39, 0.29) is 18.4 Å². The van der Waals surface area contributed by atoms with Gasteiger partial charge in [0.25, 0.3) is 0 Å². The number of ether oxygens (including phenoxy) is 1. The monoisotopic (exact) mass is 370 g/mol. The van der Waals surface area contributed by atoms with Crippen LogP contribution in [0.1, 0.15) is 26.3 Å². The van der Waals surface area contributed by atoms with Gasteiger partial charge in [-0.1, -0.05) is 38.1 Å². The molecule has 7 heteroatoms. The number of carbonyl (C=O) groups is 2. The second kappa shape index (κ2) is 10.2. The van der Waals surface area contributed by atoms with Crippen molar-refractivity contribution in [3.8, 4) is 5.88 Å². The van der Waals surface area contributed by atoms with Crippen LogP contribution in [-0.4, -0.2) is 29.6 Å². The number of nitrogens with zero attached hydrogens (tertiary/aromatic N) is 1. The molecule has 1 heterocycles. The molecule has 2 aromatic rings. The number of benzene rings is 1. The van der Waals surface area contributed by atoms with Gasteiger partial charge in [0.15, 0.2) is 0 Å². The highest BCUT2D eigenvalue weighted by Crippen LogP contribution is 2.14. The fraction of sp³-hybridized carbons (Fsp3) is 0.350. The molecule has 144 valence electrons. The van der Waals surface area contributed by atoms with E-state index in [1.165, 1.54) is 0 Å². The quantitative estimate of drug-likeness (QED) is 0.666. The highest BCUT2D eigenvalue weighted by Gasteiger charge is 2.24. The molecular formula is C20H26N4O3. The van der Waals surface area contributed by atoms with Crippen molar-refractivity contribution in [3.63, 3.8) is 0 Å². The van der Waals surface area contributed by atoms with Gasteiger partial charge in [0.2, 0.25) is 11.8 Å². The first-order valence-electron chi connectivity index (χ1n) is 8.98. The normalized spacial score (nSPS) is 11.6. The van der Waals surface area contributed by atoms with Crippen molar-refractivity contribution in [2.24, 2.45) is 5.92 Å². The zero-order valence-corrected chi connectivity index (χ0v) is 15.9. The molecule has 0 spiro atoms. The van der Waals surface area contributed by atoms with Gasteiger partial charge in [0, 0.05) is 24.0 Å². The third kappa shape index (κ3) is 6.29. The fourth-order valence-corrected chi connectivity index (χ4v) is 2.48. The minimum absolute atomic E-state index is 0.0771. The van der Waals surface area contributed by atoms with Crippen molar-refractivity contribution >= 4 is 17.6 Å². The standard InChI is InChI=1S/C20H26N4O3/c1-4-27-19-15(9-8-12-21-19)13-22-18(25)17(14(2)3)24-20(26)23-16-10-6-5-7-11-16/h5-12,14,17H,4,13H2,1-3H3,(H,22,25)(H2,23,24,26). The molecule has 0 fully saturated rings. The Balaban J connectivity index is 1.95. The summed E-state index contributed by atoms with van der Waals surface area (Å²) in [6.07, 6.45) is 1.64. The molecule has 0 saturated heterocycles. The SMILES string of the molecule is CCOc1ncccc1CNC(=O)C(NC(=O)Nc1ccccc1)C(C)C. The van der Waals surface area contributed by atoms with Crippen molar-refractivity contribution < 1.29 is 14.3 Å². The van der Waals surface area contributed by atoms with Crippen LogP contribution in [0.2, 0.25) is 0 Å². The summed E-state index contributed by atoms with van der Waals surface area (Å²) < 4.78 is 5.47. The van der Waals surface area contributed by atoms with Crippen molar-refractivity contribution in [3.05, 3.63) is 54.2 Å². The molecule has 1 atom stereocenters. The molecule has 2 rings (SSSR count). The number of rotatable bonds is 8. The van der Waals surface area contributed by atoms with Gasteiger partial charge in [-0.3, -0.25) is 4.79 Å². The zero-order valence-electron chi connectivity index (χ0n) is 15.9. The summed E-state index contributed by atoms with van der Waals surface area (Å²) in [7, 11) is 0. The van der Waals surface area contributed by atoms with E-state index >= 15 is 0 Å². The Morgan fingerprint density at radius 3 is 2.52 bits per heavy atom. The molecule has 1 aromatic heterocycles. The molecular weight excluding hydrogens is 344 g/mol. The van der Waals surface area contributed by atoms with Crippen LogP contribution in [0, 0.1) is 5.92 Å². The summed E-state index contributed by atoms with van der Waals surface area (Å²) in [5.74, 6) is 0.155. The van der Waals surface area contributed by atoms with E-state index in [4.69, 9.17) is 4.74 Å². The zero-order chi connectivity index (χ0) is 19.6. The predicted octanol–water partition coefficient (Wildman–Crippen LogP) is 2.94. The number of hydrogen-bond acceptors (Lipinski definition) is 4. The number of amides is 3. The number of aromatic nitrogens is 1. The lowest BCUT2D eigenvalue weighted by Crippen LogP contribution is -2.50. The van der Waals surface area contributed by atoms with E-state index in [9.17, 15) is 9.59 Å². The Labute approximate surface area is 159 Å². The maximum Gasteiger partial charge on any atom is 0.319 e. The lowest BCUT2D eigenvalue weighted by Gasteiger charge is -2.22. The highest BCUT2D eigenvalue weighted by atomic mass is 16.5. The van der Waals surface area contributed by atoms with Crippen LogP contribution in [0.5, 0.6) is 5.88 Å². The number of anilines is 1. The second-order valence-electron chi connectivity index (χ2n) is 6.30. The van der Waals surface area contributed by atoms with Gasteiger partial charge in [0.1, 0.15) is 6.04 Å². The van der Waals surface area contributed by atoms with Crippen LogP contribution in [0.3, 0.4) is 0 Å². The van der Waals surface area contributed by atoms with Gasteiger partial charge in [-0.15, -0.1) is 0 Å². The van der Waals surface area contributed by atoms with E-state index in [0.717, 1.165) is 5.56 Å². The maximum atomic E-state index is 12.6. The number of carbonyl (C=O) groups excluding carboxylic acids is 2. The van der Waals surface area contributed by atoms with Crippen molar-refractivity contribution in [2.45, 2.75) is 33.4 Å². The summed E-state index contributed by atoms with van der Waals surface area (Å²) in [6, 6.07) is 11.6. The summed E-state index contributed by atoms with van der Waals surface area (Å²) in [5, 5.41) is 8.30. The first-order valence-corrected chi connectivity index (χ1v) is 8.98. The number of pyridine rings is 1. The van der Waals surface area contributed by atoms with E-state index in [0.29, 0.717) is 18.2 Å². The van der Waals surface area contributed by atoms with Gasteiger partial charge >= 0.3 is 6.03 Å². The Hall–Kier alpha value is -3.09. The largest absolute Gasteiger partial charge is 0.478 e. The molecule has 0 aliphatic heterocycles. The number of hydrogen-bond donors (Lipinski definition) is 3. The molecule has 0 saturated carbocycles.